The number of halogens is 1. The molecule has 2 saturated heterocycles. The Bertz CT molecular complexity index is 608. The van der Waals surface area contributed by atoms with E-state index in [4.69, 9.17) is 4.74 Å². The second kappa shape index (κ2) is 12.5. The Kier molecular flexibility index (Phi) is 10.3. The fraction of sp³-hybridized carbons (Fsp3) is 0.682. The number of guanidine groups is 1. The van der Waals surface area contributed by atoms with E-state index in [-0.39, 0.29) is 24.0 Å². The van der Waals surface area contributed by atoms with Gasteiger partial charge in [0.2, 0.25) is 0 Å². The lowest BCUT2D eigenvalue weighted by molar-refractivity contribution is 0.187. The van der Waals surface area contributed by atoms with Crippen molar-refractivity contribution in [3.63, 3.8) is 0 Å². The quantitative estimate of drug-likeness (QED) is 0.359. The molecule has 0 radical (unpaired) electrons. The number of piperazine rings is 1. The Morgan fingerprint density at radius 3 is 2.28 bits per heavy atom. The summed E-state index contributed by atoms with van der Waals surface area (Å²) >= 11 is 0. The monoisotopic (exact) mass is 515 g/mol. The number of ether oxygens (including phenoxy) is 1. The highest BCUT2D eigenvalue weighted by Crippen LogP contribution is 2.21. The van der Waals surface area contributed by atoms with Crippen molar-refractivity contribution < 1.29 is 4.74 Å². The number of hydrogen-bond acceptors (Lipinski definition) is 4. The van der Waals surface area contributed by atoms with E-state index in [0.717, 1.165) is 50.4 Å². The average Bonchev–Trinajstić information content (AvgIpc) is 2.77. The third kappa shape index (κ3) is 6.91. The van der Waals surface area contributed by atoms with Gasteiger partial charge in [-0.3, -0.25) is 4.99 Å². The highest BCUT2D eigenvalue weighted by molar-refractivity contribution is 14.0. The summed E-state index contributed by atoms with van der Waals surface area (Å²) in [4.78, 5) is 11.9. The summed E-state index contributed by atoms with van der Waals surface area (Å²) in [5, 5.41) is 3.61. The van der Waals surface area contributed by atoms with Crippen molar-refractivity contribution in [1.29, 1.82) is 0 Å². The van der Waals surface area contributed by atoms with Crippen LogP contribution in [0, 0.1) is 5.92 Å². The highest BCUT2D eigenvalue weighted by Gasteiger charge is 2.21. The maximum absolute atomic E-state index is 5.26. The Labute approximate surface area is 193 Å². The summed E-state index contributed by atoms with van der Waals surface area (Å²) in [6, 6.07) is 8.36. The molecule has 2 aliphatic rings. The van der Waals surface area contributed by atoms with E-state index in [1.165, 1.54) is 44.6 Å². The maximum atomic E-state index is 5.26. The molecular formula is C22H38IN5O. The molecule has 0 aromatic heterocycles. The van der Waals surface area contributed by atoms with Crippen LogP contribution in [0.2, 0.25) is 0 Å². The molecule has 0 saturated carbocycles. The number of anilines is 1. The first-order valence-electron chi connectivity index (χ1n) is 10.8. The van der Waals surface area contributed by atoms with Gasteiger partial charge in [-0.1, -0.05) is 6.92 Å². The Balaban J connectivity index is 0.00000300. The number of aliphatic imine (C=N–C) groups is 1. The summed E-state index contributed by atoms with van der Waals surface area (Å²) in [7, 11) is 3.61. The third-order valence-corrected chi connectivity index (χ3v) is 6.22. The molecule has 0 amide bonds. The molecule has 3 rings (SSSR count). The van der Waals surface area contributed by atoms with Crippen molar-refractivity contribution >= 4 is 35.6 Å². The van der Waals surface area contributed by atoms with Gasteiger partial charge in [0.05, 0.1) is 7.11 Å². The SMILES string of the molecule is CCN1CCC(CCNC(=NC)N2CCN(c3ccc(OC)cc3)CC2)CC1.I. The number of rotatable bonds is 6. The summed E-state index contributed by atoms with van der Waals surface area (Å²) in [6.07, 6.45) is 3.94. The second-order valence-electron chi connectivity index (χ2n) is 7.81. The van der Waals surface area contributed by atoms with E-state index in [1.54, 1.807) is 7.11 Å². The third-order valence-electron chi connectivity index (χ3n) is 6.22. The Morgan fingerprint density at radius 2 is 1.72 bits per heavy atom. The van der Waals surface area contributed by atoms with Gasteiger partial charge in [-0.05, 0) is 69.1 Å². The van der Waals surface area contributed by atoms with E-state index >= 15 is 0 Å². The number of piperidine rings is 1. The van der Waals surface area contributed by atoms with Crippen LogP contribution >= 0.6 is 24.0 Å². The summed E-state index contributed by atoms with van der Waals surface area (Å²) in [5.41, 5.74) is 1.27. The van der Waals surface area contributed by atoms with Crippen molar-refractivity contribution in [2.24, 2.45) is 10.9 Å². The molecule has 164 valence electrons. The van der Waals surface area contributed by atoms with Crippen molar-refractivity contribution in [2.75, 3.05) is 71.4 Å². The van der Waals surface area contributed by atoms with Crippen LogP contribution in [0.1, 0.15) is 26.2 Å². The minimum Gasteiger partial charge on any atom is -0.497 e. The zero-order valence-electron chi connectivity index (χ0n) is 18.3. The number of nitrogens with one attached hydrogen (secondary N) is 1. The molecule has 2 aliphatic heterocycles. The van der Waals surface area contributed by atoms with Crippen LogP contribution in [-0.2, 0) is 0 Å². The number of benzene rings is 1. The summed E-state index contributed by atoms with van der Waals surface area (Å²) in [6.45, 7) is 11.1. The van der Waals surface area contributed by atoms with Crippen LogP contribution in [0.25, 0.3) is 0 Å². The largest absolute Gasteiger partial charge is 0.497 e. The molecule has 1 N–H and O–H groups in total. The van der Waals surface area contributed by atoms with Gasteiger partial charge in [0.1, 0.15) is 5.75 Å². The van der Waals surface area contributed by atoms with Crippen LogP contribution in [0.15, 0.2) is 29.3 Å². The summed E-state index contributed by atoms with van der Waals surface area (Å²) < 4.78 is 5.26. The standard InChI is InChI=1S/C22H37N5O.HI/c1-4-25-13-10-19(11-14-25)9-12-24-22(23-2)27-17-15-26(16-18-27)20-5-7-21(28-3)8-6-20;/h5-8,19H,4,9-18H2,1-3H3,(H,23,24);1H. The smallest absolute Gasteiger partial charge is 0.193 e. The average molecular weight is 515 g/mol. The predicted molar refractivity (Wildman–Crippen MR) is 133 cm³/mol. The number of hydrogen-bond donors (Lipinski definition) is 1. The fourth-order valence-electron chi connectivity index (χ4n) is 4.28. The van der Waals surface area contributed by atoms with E-state index in [1.807, 2.05) is 19.2 Å². The van der Waals surface area contributed by atoms with Gasteiger partial charge in [0.15, 0.2) is 5.96 Å². The maximum Gasteiger partial charge on any atom is 0.193 e. The molecule has 2 heterocycles. The number of nitrogens with zero attached hydrogens (tertiary/aromatic N) is 4. The normalized spacial score (nSPS) is 19.1. The topological polar surface area (TPSA) is 43.3 Å². The second-order valence-corrected chi connectivity index (χ2v) is 7.81. The van der Waals surface area contributed by atoms with E-state index < -0.39 is 0 Å². The predicted octanol–water partition coefficient (Wildman–Crippen LogP) is 3.13. The van der Waals surface area contributed by atoms with E-state index in [0.29, 0.717) is 0 Å². The van der Waals surface area contributed by atoms with Gasteiger partial charge in [0.25, 0.3) is 0 Å². The molecule has 0 spiro atoms. The van der Waals surface area contributed by atoms with Gasteiger partial charge in [-0.2, -0.15) is 0 Å². The minimum atomic E-state index is 0. The molecule has 1 aromatic rings. The molecule has 0 bridgehead atoms. The van der Waals surface area contributed by atoms with Gasteiger partial charge in [-0.25, -0.2) is 0 Å². The molecular weight excluding hydrogens is 477 g/mol. The van der Waals surface area contributed by atoms with Crippen molar-refractivity contribution in [2.45, 2.75) is 26.2 Å². The zero-order valence-corrected chi connectivity index (χ0v) is 20.6. The first-order chi connectivity index (χ1) is 13.7. The fourth-order valence-corrected chi connectivity index (χ4v) is 4.28. The lowest BCUT2D eigenvalue weighted by Gasteiger charge is -2.38. The van der Waals surface area contributed by atoms with Crippen LogP contribution in [0.5, 0.6) is 5.75 Å². The summed E-state index contributed by atoms with van der Waals surface area (Å²) in [5.74, 6) is 2.83. The van der Waals surface area contributed by atoms with Gasteiger partial charge < -0.3 is 24.8 Å². The molecule has 29 heavy (non-hydrogen) atoms. The Morgan fingerprint density at radius 1 is 1.07 bits per heavy atom. The van der Waals surface area contributed by atoms with Gasteiger partial charge >= 0.3 is 0 Å². The van der Waals surface area contributed by atoms with Crippen molar-refractivity contribution in [3.05, 3.63) is 24.3 Å². The van der Waals surface area contributed by atoms with Crippen LogP contribution in [0.3, 0.4) is 0 Å². The van der Waals surface area contributed by atoms with Crippen LogP contribution in [-0.4, -0.2) is 82.3 Å². The van der Waals surface area contributed by atoms with Crippen LogP contribution in [0.4, 0.5) is 5.69 Å². The van der Waals surface area contributed by atoms with E-state index in [9.17, 15) is 0 Å². The molecule has 1 aromatic carbocycles. The van der Waals surface area contributed by atoms with Gasteiger partial charge in [0, 0.05) is 45.5 Å². The number of methoxy groups -OCH3 is 1. The van der Waals surface area contributed by atoms with Crippen molar-refractivity contribution in [3.8, 4) is 5.75 Å². The molecule has 0 aliphatic carbocycles. The molecule has 2 fully saturated rings. The minimum absolute atomic E-state index is 0. The van der Waals surface area contributed by atoms with Crippen molar-refractivity contribution in [1.82, 2.24) is 15.1 Å². The number of likely N-dealkylation sites (tertiary alicyclic amines) is 1. The molecule has 7 heteroatoms. The van der Waals surface area contributed by atoms with Crippen LogP contribution < -0.4 is 15.0 Å². The lowest BCUT2D eigenvalue weighted by atomic mass is 9.93. The molecule has 0 unspecified atom stereocenters. The highest BCUT2D eigenvalue weighted by atomic mass is 127. The van der Waals surface area contributed by atoms with E-state index in [2.05, 4.69) is 44.1 Å². The molecule has 6 nitrogen and oxygen atoms in total. The van der Waals surface area contributed by atoms with Gasteiger partial charge in [-0.15, -0.1) is 24.0 Å². The zero-order chi connectivity index (χ0) is 19.8. The first kappa shape index (κ1) is 24.1. The first-order valence-corrected chi connectivity index (χ1v) is 10.8. The Hall–Kier alpha value is -1.22. The lowest BCUT2D eigenvalue weighted by Crippen LogP contribution is -2.52. The molecule has 0 atom stereocenters.